The lowest BCUT2D eigenvalue weighted by atomic mass is 10.1. The lowest BCUT2D eigenvalue weighted by Gasteiger charge is -2.20. The second-order valence-electron chi connectivity index (χ2n) is 11.3. The van der Waals surface area contributed by atoms with E-state index in [4.69, 9.17) is 14.5 Å². The normalized spacial score (nSPS) is 10.9. The van der Waals surface area contributed by atoms with Gasteiger partial charge in [0.15, 0.2) is 16.1 Å². The molecule has 0 fully saturated rings. The van der Waals surface area contributed by atoms with Gasteiger partial charge in [0, 0.05) is 16.5 Å². The van der Waals surface area contributed by atoms with Gasteiger partial charge in [-0.3, -0.25) is 14.3 Å². The van der Waals surface area contributed by atoms with E-state index >= 15 is 0 Å². The number of halogens is 1. The monoisotopic (exact) mass is 713 g/mol. The highest BCUT2D eigenvalue weighted by Crippen LogP contribution is 2.34. The molecular formula is C40H32FN5O3S2. The molecule has 0 aliphatic rings. The quantitative estimate of drug-likeness (QED) is 0.110. The summed E-state index contributed by atoms with van der Waals surface area (Å²) in [5.41, 5.74) is 5.21. The molecule has 0 spiro atoms. The molecule has 0 saturated heterocycles. The van der Waals surface area contributed by atoms with Crippen LogP contribution in [0.1, 0.15) is 11.4 Å². The van der Waals surface area contributed by atoms with E-state index in [1.165, 1.54) is 35.2 Å². The summed E-state index contributed by atoms with van der Waals surface area (Å²) in [6, 6.07) is 41.4. The fourth-order valence-electron chi connectivity index (χ4n) is 5.50. The number of methoxy groups -OCH3 is 1. The number of thiazole rings is 1. The first-order chi connectivity index (χ1) is 25.1. The number of anilines is 1. The molecule has 51 heavy (non-hydrogen) atoms. The Hall–Kier alpha value is -5.78. The zero-order valence-electron chi connectivity index (χ0n) is 27.6. The van der Waals surface area contributed by atoms with Gasteiger partial charge in [-0.15, -0.1) is 21.5 Å². The highest BCUT2D eigenvalue weighted by Gasteiger charge is 2.24. The lowest BCUT2D eigenvalue weighted by Crippen LogP contribution is -2.32. The minimum atomic E-state index is -0.341. The SMILES string of the molecule is COc1ccccc1-n1c(COc2ccccc2-c2ccccc2)nnc1SCC(=O)N(Cc1ccc(F)cc1)c1nc(-c2ccccc2)cs1. The van der Waals surface area contributed by atoms with Gasteiger partial charge in [0.05, 0.1) is 30.8 Å². The van der Waals surface area contributed by atoms with Gasteiger partial charge in [-0.05, 0) is 41.5 Å². The molecule has 8 nitrogen and oxygen atoms in total. The number of para-hydroxylation sites is 3. The average Bonchev–Trinajstić information content (AvgIpc) is 3.84. The highest BCUT2D eigenvalue weighted by molar-refractivity contribution is 7.99. The Labute approximate surface area is 303 Å². The van der Waals surface area contributed by atoms with Crippen molar-refractivity contribution in [3.8, 4) is 39.6 Å². The van der Waals surface area contributed by atoms with Crippen molar-refractivity contribution >= 4 is 34.1 Å². The van der Waals surface area contributed by atoms with Crippen LogP contribution in [0.15, 0.2) is 144 Å². The van der Waals surface area contributed by atoms with Gasteiger partial charge in [-0.25, -0.2) is 9.37 Å². The van der Waals surface area contributed by atoms with Gasteiger partial charge in [-0.1, -0.05) is 115 Å². The largest absolute Gasteiger partial charge is 0.495 e. The Bertz CT molecular complexity index is 2230. The maximum atomic E-state index is 14.1. The van der Waals surface area contributed by atoms with Crippen molar-refractivity contribution in [2.75, 3.05) is 17.8 Å². The van der Waals surface area contributed by atoms with E-state index in [0.717, 1.165) is 27.9 Å². The molecule has 0 radical (unpaired) electrons. The van der Waals surface area contributed by atoms with Crippen molar-refractivity contribution in [1.82, 2.24) is 19.7 Å². The van der Waals surface area contributed by atoms with Crippen molar-refractivity contribution < 1.29 is 18.7 Å². The Morgan fingerprint density at radius 3 is 2.22 bits per heavy atom. The number of amides is 1. The predicted octanol–water partition coefficient (Wildman–Crippen LogP) is 9.11. The number of benzene rings is 5. The fraction of sp³-hybridized carbons (Fsp3) is 0.100. The van der Waals surface area contributed by atoms with Gasteiger partial charge < -0.3 is 9.47 Å². The lowest BCUT2D eigenvalue weighted by molar-refractivity contribution is -0.116. The first-order valence-electron chi connectivity index (χ1n) is 16.1. The molecule has 0 aliphatic heterocycles. The van der Waals surface area contributed by atoms with E-state index in [0.29, 0.717) is 33.3 Å². The molecule has 0 bridgehead atoms. The number of hydrogen-bond acceptors (Lipinski definition) is 8. The first-order valence-corrected chi connectivity index (χ1v) is 18.0. The first kappa shape index (κ1) is 33.7. The van der Waals surface area contributed by atoms with Crippen LogP contribution in [-0.4, -0.2) is 38.5 Å². The summed E-state index contributed by atoms with van der Waals surface area (Å²) in [6.45, 7) is 0.335. The second kappa shape index (κ2) is 15.8. The van der Waals surface area contributed by atoms with Gasteiger partial charge in [0.1, 0.15) is 23.9 Å². The third-order valence-electron chi connectivity index (χ3n) is 8.03. The zero-order valence-corrected chi connectivity index (χ0v) is 29.2. The molecule has 0 N–H and O–H groups in total. The van der Waals surface area contributed by atoms with Crippen LogP contribution >= 0.6 is 23.1 Å². The third-order valence-corrected chi connectivity index (χ3v) is 9.80. The fourth-order valence-corrected chi connectivity index (χ4v) is 7.19. The molecular weight excluding hydrogens is 682 g/mol. The molecule has 0 atom stereocenters. The standard InChI is InChI=1S/C40H32FN5O3S2/c1-48-36-19-11-9-17-34(36)46-37(25-49-35-18-10-8-16-32(35)29-12-4-2-5-13-29)43-44-40(46)51-27-38(47)45(24-28-20-22-31(41)23-21-28)39-42-33(26-50-39)30-14-6-3-7-15-30/h2-23,26H,24-25,27H2,1H3. The van der Waals surface area contributed by atoms with Gasteiger partial charge in [0.2, 0.25) is 5.91 Å². The molecule has 7 rings (SSSR count). The summed E-state index contributed by atoms with van der Waals surface area (Å²) in [7, 11) is 1.61. The van der Waals surface area contributed by atoms with E-state index in [1.807, 2.05) is 119 Å². The van der Waals surface area contributed by atoms with E-state index in [-0.39, 0.29) is 30.6 Å². The van der Waals surface area contributed by atoms with Crippen LogP contribution in [-0.2, 0) is 17.9 Å². The van der Waals surface area contributed by atoms with Crippen LogP contribution in [0, 0.1) is 5.82 Å². The van der Waals surface area contributed by atoms with E-state index < -0.39 is 0 Å². The average molecular weight is 714 g/mol. The predicted molar refractivity (Wildman–Crippen MR) is 200 cm³/mol. The molecule has 254 valence electrons. The van der Waals surface area contributed by atoms with Crippen molar-refractivity contribution in [3.63, 3.8) is 0 Å². The Morgan fingerprint density at radius 1 is 0.804 bits per heavy atom. The van der Waals surface area contributed by atoms with Crippen LogP contribution in [0.4, 0.5) is 9.52 Å². The smallest absolute Gasteiger partial charge is 0.239 e. The van der Waals surface area contributed by atoms with E-state index in [2.05, 4.69) is 10.2 Å². The molecule has 2 aromatic heterocycles. The number of hydrogen-bond donors (Lipinski definition) is 0. The number of carbonyl (C=O) groups is 1. The molecule has 7 aromatic rings. The van der Waals surface area contributed by atoms with E-state index in [1.54, 1.807) is 24.1 Å². The third kappa shape index (κ3) is 7.85. The van der Waals surface area contributed by atoms with Crippen LogP contribution in [0.3, 0.4) is 0 Å². The second-order valence-corrected chi connectivity index (χ2v) is 13.1. The molecule has 0 saturated carbocycles. The summed E-state index contributed by atoms with van der Waals surface area (Å²) >= 11 is 2.64. The minimum Gasteiger partial charge on any atom is -0.495 e. The van der Waals surface area contributed by atoms with Crippen LogP contribution in [0.5, 0.6) is 11.5 Å². The summed E-state index contributed by atoms with van der Waals surface area (Å²) in [4.78, 5) is 20.5. The van der Waals surface area contributed by atoms with E-state index in [9.17, 15) is 9.18 Å². The zero-order chi connectivity index (χ0) is 35.0. The van der Waals surface area contributed by atoms with Gasteiger partial charge >= 0.3 is 0 Å². The topological polar surface area (TPSA) is 82.4 Å². The Balaban J connectivity index is 1.17. The maximum absolute atomic E-state index is 14.1. The Morgan fingerprint density at radius 2 is 1.47 bits per heavy atom. The van der Waals surface area contributed by atoms with Crippen molar-refractivity contribution in [2.24, 2.45) is 0 Å². The molecule has 1 amide bonds. The molecule has 11 heteroatoms. The molecule has 0 unspecified atom stereocenters. The number of ether oxygens (including phenoxy) is 2. The number of rotatable bonds is 13. The van der Waals surface area contributed by atoms with Gasteiger partial charge in [0.25, 0.3) is 0 Å². The Kier molecular flexibility index (Phi) is 10.5. The van der Waals surface area contributed by atoms with Gasteiger partial charge in [-0.2, -0.15) is 0 Å². The van der Waals surface area contributed by atoms with Crippen LogP contribution < -0.4 is 14.4 Å². The molecule has 5 aromatic carbocycles. The highest BCUT2D eigenvalue weighted by atomic mass is 32.2. The number of carbonyl (C=O) groups excluding carboxylic acids is 1. The van der Waals surface area contributed by atoms with Crippen molar-refractivity contribution in [2.45, 2.75) is 18.3 Å². The number of thioether (sulfide) groups is 1. The maximum Gasteiger partial charge on any atom is 0.239 e. The molecule has 2 heterocycles. The molecule has 0 aliphatic carbocycles. The summed E-state index contributed by atoms with van der Waals surface area (Å²) in [5, 5.41) is 12.0. The summed E-state index contributed by atoms with van der Waals surface area (Å²) in [5.74, 6) is 1.36. The van der Waals surface area contributed by atoms with Crippen molar-refractivity contribution in [1.29, 1.82) is 0 Å². The summed E-state index contributed by atoms with van der Waals surface area (Å²) < 4.78 is 27.7. The van der Waals surface area contributed by atoms with Crippen LogP contribution in [0.25, 0.3) is 28.1 Å². The van der Waals surface area contributed by atoms with Crippen LogP contribution in [0.2, 0.25) is 0 Å². The number of nitrogens with zero attached hydrogens (tertiary/aromatic N) is 5. The number of aromatic nitrogens is 4. The minimum absolute atomic E-state index is 0.0342. The van der Waals surface area contributed by atoms with Crippen molar-refractivity contribution in [3.05, 3.63) is 156 Å². The summed E-state index contributed by atoms with van der Waals surface area (Å²) in [6.07, 6.45) is 0.